The molecule has 2 heteroatoms. The molecule has 1 aromatic carbocycles. The van der Waals surface area contributed by atoms with Gasteiger partial charge in [0.25, 0.3) is 0 Å². The van der Waals surface area contributed by atoms with E-state index in [1.165, 1.54) is 5.46 Å². The molecular weight excluding hydrogens is 145 g/mol. The molecule has 0 saturated heterocycles. The van der Waals surface area contributed by atoms with Gasteiger partial charge in [-0.15, -0.1) is 0 Å². The molecule has 1 aromatic rings. The summed E-state index contributed by atoms with van der Waals surface area (Å²) in [5.41, 5.74) is 1.40. The molecule has 0 atom stereocenters. The molecule has 64 valence electrons. The van der Waals surface area contributed by atoms with Crippen LogP contribution in [0.3, 0.4) is 0 Å². The highest BCUT2D eigenvalue weighted by Gasteiger charge is 2.01. The van der Waals surface area contributed by atoms with E-state index in [4.69, 9.17) is 0 Å². The van der Waals surface area contributed by atoms with Gasteiger partial charge in [-0.05, 0) is 13.1 Å². The first-order chi connectivity index (χ1) is 5.86. The summed E-state index contributed by atoms with van der Waals surface area (Å²) in [5.74, 6) is 0. The Balaban J connectivity index is 2.51. The highest BCUT2D eigenvalue weighted by molar-refractivity contribution is 6.50. The molecule has 0 N–H and O–H groups in total. The van der Waals surface area contributed by atoms with Crippen molar-refractivity contribution in [2.24, 2.45) is 0 Å². The molecule has 0 amide bonds. The van der Waals surface area contributed by atoms with E-state index < -0.39 is 0 Å². The van der Waals surface area contributed by atoms with E-state index in [2.05, 4.69) is 49.0 Å². The van der Waals surface area contributed by atoms with E-state index in [-0.39, 0.29) is 0 Å². The number of hydrogen-bond acceptors (Lipinski definition) is 1. The maximum Gasteiger partial charge on any atom is 0.238 e. The van der Waals surface area contributed by atoms with E-state index in [0.29, 0.717) is 0 Å². The number of rotatable bonds is 4. The largest absolute Gasteiger partial charge is 0.341 e. The maximum absolute atomic E-state index is 2.41. The molecule has 0 saturated carbocycles. The molecular formula is C10H16BN. The number of hydrogen-bond donors (Lipinski definition) is 0. The van der Waals surface area contributed by atoms with E-state index in [0.717, 1.165) is 20.5 Å². The van der Waals surface area contributed by atoms with E-state index >= 15 is 0 Å². The van der Waals surface area contributed by atoms with Gasteiger partial charge in [0, 0.05) is 0 Å². The van der Waals surface area contributed by atoms with Crippen molar-refractivity contribution in [1.82, 2.24) is 4.81 Å². The smallest absolute Gasteiger partial charge is 0.238 e. The predicted octanol–water partition coefficient (Wildman–Crippen LogP) is 1.01. The van der Waals surface area contributed by atoms with Crippen LogP contribution in [0.1, 0.15) is 13.8 Å². The lowest BCUT2D eigenvalue weighted by Gasteiger charge is -2.16. The Labute approximate surface area is 75.7 Å². The molecule has 0 radical (unpaired) electrons. The first kappa shape index (κ1) is 9.33. The quantitative estimate of drug-likeness (QED) is 0.595. The molecule has 1 nitrogen and oxygen atoms in total. The first-order valence-corrected chi connectivity index (χ1v) is 4.63. The molecule has 0 fully saturated rings. The molecule has 0 aliphatic carbocycles. The van der Waals surface area contributed by atoms with Gasteiger partial charge in [-0.25, -0.2) is 0 Å². The van der Waals surface area contributed by atoms with E-state index in [1.807, 2.05) is 0 Å². The molecule has 0 aliphatic rings. The Morgan fingerprint density at radius 3 is 2.17 bits per heavy atom. The van der Waals surface area contributed by atoms with Gasteiger partial charge in [0.2, 0.25) is 7.41 Å². The third-order valence-electron chi connectivity index (χ3n) is 2.14. The van der Waals surface area contributed by atoms with Crippen molar-refractivity contribution in [3.05, 3.63) is 30.3 Å². The molecule has 0 spiro atoms. The molecule has 0 bridgehead atoms. The molecule has 12 heavy (non-hydrogen) atoms. The van der Waals surface area contributed by atoms with Crippen LogP contribution in [0.25, 0.3) is 0 Å². The number of nitrogens with zero attached hydrogens (tertiary/aromatic N) is 1. The van der Waals surface area contributed by atoms with Crippen LogP contribution in [0, 0.1) is 0 Å². The molecule has 0 aromatic heterocycles. The van der Waals surface area contributed by atoms with Crippen LogP contribution in [0.15, 0.2) is 30.3 Å². The lowest BCUT2D eigenvalue weighted by Crippen LogP contribution is -2.35. The maximum atomic E-state index is 2.41. The fourth-order valence-electron chi connectivity index (χ4n) is 1.29. The Bertz CT molecular complexity index is 206. The summed E-state index contributed by atoms with van der Waals surface area (Å²) in [6.07, 6.45) is 0. The molecule has 0 heterocycles. The van der Waals surface area contributed by atoms with Crippen molar-refractivity contribution in [2.75, 3.05) is 13.1 Å². The zero-order valence-corrected chi connectivity index (χ0v) is 7.96. The average Bonchev–Trinajstić information content (AvgIpc) is 2.16. The van der Waals surface area contributed by atoms with Crippen molar-refractivity contribution in [1.29, 1.82) is 0 Å². The summed E-state index contributed by atoms with van der Waals surface area (Å²) in [4.78, 5) is 2.41. The van der Waals surface area contributed by atoms with Gasteiger partial charge in [0.1, 0.15) is 0 Å². The van der Waals surface area contributed by atoms with Gasteiger partial charge in [-0.3, -0.25) is 0 Å². The Morgan fingerprint density at radius 2 is 1.67 bits per heavy atom. The monoisotopic (exact) mass is 161 g/mol. The van der Waals surface area contributed by atoms with Crippen LogP contribution in [-0.4, -0.2) is 25.3 Å². The zero-order valence-electron chi connectivity index (χ0n) is 7.96. The molecule has 0 aliphatic heterocycles. The molecule has 0 unspecified atom stereocenters. The van der Waals surface area contributed by atoms with Crippen molar-refractivity contribution in [3.63, 3.8) is 0 Å². The summed E-state index contributed by atoms with van der Waals surface area (Å²) in [6, 6.07) is 10.6. The summed E-state index contributed by atoms with van der Waals surface area (Å²) in [5, 5.41) is 0. The van der Waals surface area contributed by atoms with Gasteiger partial charge < -0.3 is 4.81 Å². The van der Waals surface area contributed by atoms with E-state index in [1.54, 1.807) is 0 Å². The van der Waals surface area contributed by atoms with Crippen LogP contribution >= 0.6 is 0 Å². The van der Waals surface area contributed by atoms with Crippen LogP contribution < -0.4 is 5.46 Å². The van der Waals surface area contributed by atoms with Crippen molar-refractivity contribution in [2.45, 2.75) is 13.8 Å². The summed E-state index contributed by atoms with van der Waals surface area (Å²) in [7, 11) is 1.08. The first-order valence-electron chi connectivity index (χ1n) is 4.63. The Hall–Kier alpha value is -0.755. The fraction of sp³-hybridized carbons (Fsp3) is 0.400. The Morgan fingerprint density at radius 1 is 1.08 bits per heavy atom. The van der Waals surface area contributed by atoms with Gasteiger partial charge >= 0.3 is 0 Å². The van der Waals surface area contributed by atoms with Crippen LogP contribution in [0.2, 0.25) is 0 Å². The SMILES string of the molecule is CCN(Bc1ccccc1)CC. The van der Waals surface area contributed by atoms with Crippen LogP contribution in [0.5, 0.6) is 0 Å². The average molecular weight is 161 g/mol. The van der Waals surface area contributed by atoms with E-state index in [9.17, 15) is 0 Å². The third kappa shape index (κ3) is 2.70. The van der Waals surface area contributed by atoms with Gasteiger partial charge in [0.15, 0.2) is 0 Å². The summed E-state index contributed by atoms with van der Waals surface area (Å²) in [6.45, 7) is 6.66. The van der Waals surface area contributed by atoms with Gasteiger partial charge in [-0.1, -0.05) is 49.6 Å². The third-order valence-corrected chi connectivity index (χ3v) is 2.14. The van der Waals surface area contributed by atoms with Gasteiger partial charge in [0.05, 0.1) is 0 Å². The minimum Gasteiger partial charge on any atom is -0.341 e. The standard InChI is InChI=1S/C10H16BN/c1-3-12(4-2)11-10-8-6-5-7-9-10/h5-9,11H,3-4H2,1-2H3. The second-order valence-electron chi connectivity index (χ2n) is 2.95. The summed E-state index contributed by atoms with van der Waals surface area (Å²) < 4.78 is 0. The lowest BCUT2D eigenvalue weighted by atomic mass is 9.80. The van der Waals surface area contributed by atoms with Crippen molar-refractivity contribution in [3.8, 4) is 0 Å². The highest BCUT2D eigenvalue weighted by Crippen LogP contribution is 1.86. The molecule has 1 rings (SSSR count). The minimum absolute atomic E-state index is 1.08. The zero-order chi connectivity index (χ0) is 8.81. The minimum atomic E-state index is 1.08. The second kappa shape index (κ2) is 4.99. The summed E-state index contributed by atoms with van der Waals surface area (Å²) >= 11 is 0. The lowest BCUT2D eigenvalue weighted by molar-refractivity contribution is 0.498. The highest BCUT2D eigenvalue weighted by atomic mass is 15.0. The number of benzene rings is 1. The van der Waals surface area contributed by atoms with Gasteiger partial charge in [-0.2, -0.15) is 0 Å². The van der Waals surface area contributed by atoms with Crippen LogP contribution in [-0.2, 0) is 0 Å². The Kier molecular flexibility index (Phi) is 3.88. The topological polar surface area (TPSA) is 3.24 Å². The van der Waals surface area contributed by atoms with Crippen molar-refractivity contribution < 1.29 is 0 Å². The second-order valence-corrected chi connectivity index (χ2v) is 2.95. The fourth-order valence-corrected chi connectivity index (χ4v) is 1.29. The predicted molar refractivity (Wildman–Crippen MR) is 56.1 cm³/mol. The van der Waals surface area contributed by atoms with Crippen molar-refractivity contribution >= 4 is 12.9 Å². The normalized spacial score (nSPS) is 10.2. The van der Waals surface area contributed by atoms with Crippen LogP contribution in [0.4, 0.5) is 0 Å².